The summed E-state index contributed by atoms with van der Waals surface area (Å²) in [6, 6.07) is 3.16. The Morgan fingerprint density at radius 1 is 1.16 bits per heavy atom. The van der Waals surface area contributed by atoms with Gasteiger partial charge < -0.3 is 5.32 Å². The Bertz CT molecular complexity index is 562. The fourth-order valence-corrected chi connectivity index (χ4v) is 3.88. The van der Waals surface area contributed by atoms with E-state index in [1.54, 1.807) is 19.2 Å². The van der Waals surface area contributed by atoms with Crippen LogP contribution in [0.25, 0.3) is 0 Å². The van der Waals surface area contributed by atoms with Gasteiger partial charge >= 0.3 is 0 Å². The maximum Gasteiger partial charge on any atom is 0.242 e. The minimum Gasteiger partial charge on any atom is -0.373 e. The van der Waals surface area contributed by atoms with Gasteiger partial charge in [0.2, 0.25) is 10.0 Å². The molecule has 0 aromatic carbocycles. The van der Waals surface area contributed by atoms with E-state index >= 15 is 0 Å². The van der Waals surface area contributed by atoms with Gasteiger partial charge in [0.15, 0.2) is 0 Å². The molecule has 0 unspecified atom stereocenters. The van der Waals surface area contributed by atoms with Gasteiger partial charge in [-0.2, -0.15) is 0 Å². The van der Waals surface area contributed by atoms with E-state index in [0.29, 0.717) is 5.82 Å². The van der Waals surface area contributed by atoms with Gasteiger partial charge in [0, 0.05) is 19.3 Å². The third kappa shape index (κ3) is 2.23. The molecule has 0 atom stereocenters. The summed E-state index contributed by atoms with van der Waals surface area (Å²) in [7, 11) is -1.76. The quantitative estimate of drug-likeness (QED) is 0.884. The van der Waals surface area contributed by atoms with Crippen molar-refractivity contribution in [3.8, 4) is 0 Å². The second-order valence-electron chi connectivity index (χ2n) is 6.13. The van der Waals surface area contributed by atoms with Crippen molar-refractivity contribution in [1.82, 2.24) is 9.71 Å². The van der Waals surface area contributed by atoms with E-state index in [2.05, 4.69) is 42.7 Å². The summed E-state index contributed by atoms with van der Waals surface area (Å²) in [5.74, 6) is 0.644. The average molecular weight is 283 g/mol. The van der Waals surface area contributed by atoms with Crippen molar-refractivity contribution in [1.29, 1.82) is 0 Å². The number of hydrogen-bond acceptors (Lipinski definition) is 4. The van der Waals surface area contributed by atoms with Crippen LogP contribution in [0.1, 0.15) is 27.7 Å². The molecule has 0 aliphatic heterocycles. The summed E-state index contributed by atoms with van der Waals surface area (Å²) in [6.45, 7) is 8.29. The monoisotopic (exact) mass is 283 g/mol. The van der Waals surface area contributed by atoms with Gasteiger partial charge in [-0.25, -0.2) is 18.1 Å². The summed E-state index contributed by atoms with van der Waals surface area (Å²) < 4.78 is 27.3. The van der Waals surface area contributed by atoms with Crippen LogP contribution < -0.4 is 10.0 Å². The molecule has 2 N–H and O–H groups in total. The molecule has 19 heavy (non-hydrogen) atoms. The molecule has 0 amide bonds. The summed E-state index contributed by atoms with van der Waals surface area (Å²) in [6.07, 6.45) is 1.37. The van der Waals surface area contributed by atoms with Crippen LogP contribution in [0.3, 0.4) is 0 Å². The maximum absolute atomic E-state index is 12.3. The third-order valence-corrected chi connectivity index (χ3v) is 6.00. The number of sulfonamides is 1. The zero-order chi connectivity index (χ0) is 14.5. The molecule has 1 saturated carbocycles. The molecule has 6 heteroatoms. The van der Waals surface area contributed by atoms with Crippen molar-refractivity contribution in [2.45, 2.75) is 38.6 Å². The van der Waals surface area contributed by atoms with E-state index in [0.717, 1.165) is 0 Å². The van der Waals surface area contributed by atoms with E-state index in [1.165, 1.54) is 6.20 Å². The number of rotatable bonds is 4. The molecular weight excluding hydrogens is 262 g/mol. The van der Waals surface area contributed by atoms with Crippen LogP contribution in [0.15, 0.2) is 23.2 Å². The molecule has 0 bridgehead atoms. The molecule has 1 fully saturated rings. The predicted molar refractivity (Wildman–Crippen MR) is 75.5 cm³/mol. The molecule has 0 spiro atoms. The molecular formula is C13H21N3O2S. The fraction of sp³-hybridized carbons (Fsp3) is 0.615. The molecule has 5 nitrogen and oxygen atoms in total. The summed E-state index contributed by atoms with van der Waals surface area (Å²) in [4.78, 5) is 4.23. The van der Waals surface area contributed by atoms with E-state index in [1.807, 2.05) is 0 Å². The number of nitrogens with one attached hydrogen (secondary N) is 2. The highest BCUT2D eigenvalue weighted by molar-refractivity contribution is 7.89. The highest BCUT2D eigenvalue weighted by Crippen LogP contribution is 2.62. The van der Waals surface area contributed by atoms with Crippen molar-refractivity contribution >= 4 is 15.8 Å². The van der Waals surface area contributed by atoms with Gasteiger partial charge in [-0.3, -0.25) is 0 Å². The van der Waals surface area contributed by atoms with Crippen molar-refractivity contribution in [3.63, 3.8) is 0 Å². The van der Waals surface area contributed by atoms with Crippen LogP contribution in [0.5, 0.6) is 0 Å². The topological polar surface area (TPSA) is 71.1 Å². The summed E-state index contributed by atoms with van der Waals surface area (Å²) >= 11 is 0. The van der Waals surface area contributed by atoms with Gasteiger partial charge in [0.05, 0.1) is 0 Å². The highest BCUT2D eigenvalue weighted by atomic mass is 32.2. The van der Waals surface area contributed by atoms with E-state index in [-0.39, 0.29) is 21.8 Å². The molecule has 0 radical (unpaired) electrons. The van der Waals surface area contributed by atoms with Crippen molar-refractivity contribution < 1.29 is 8.42 Å². The Morgan fingerprint density at radius 3 is 2.11 bits per heavy atom. The predicted octanol–water partition coefficient (Wildman–Crippen LogP) is 1.84. The number of nitrogens with zero attached hydrogens (tertiary/aromatic N) is 1. The van der Waals surface area contributed by atoms with Crippen LogP contribution in [-0.4, -0.2) is 26.5 Å². The van der Waals surface area contributed by atoms with Crippen LogP contribution in [0.2, 0.25) is 0 Å². The molecule has 106 valence electrons. The third-order valence-electron chi connectivity index (χ3n) is 4.60. The normalized spacial score (nSPS) is 21.1. The van der Waals surface area contributed by atoms with Crippen LogP contribution >= 0.6 is 0 Å². The Morgan fingerprint density at radius 2 is 1.74 bits per heavy atom. The standard InChI is InChI=1S/C13H21N3O2S/c1-12(2)11(13(12,3)4)16-19(17,18)9-6-7-10(14-5)15-8-9/h6-8,11,16H,1-5H3,(H,14,15). The minimum atomic E-state index is -3.50. The minimum absolute atomic E-state index is 0.0294. The number of aromatic nitrogens is 1. The number of anilines is 1. The number of pyridine rings is 1. The first-order valence-corrected chi connectivity index (χ1v) is 7.77. The molecule has 1 aromatic heterocycles. The van der Waals surface area contributed by atoms with Crippen molar-refractivity contribution in [2.75, 3.05) is 12.4 Å². The molecule has 1 aliphatic carbocycles. The Kier molecular flexibility index (Phi) is 3.14. The largest absolute Gasteiger partial charge is 0.373 e. The van der Waals surface area contributed by atoms with Gasteiger partial charge in [0.1, 0.15) is 10.7 Å². The molecule has 1 aromatic rings. The van der Waals surface area contributed by atoms with Crippen LogP contribution in [0, 0.1) is 10.8 Å². The van der Waals surface area contributed by atoms with Crippen molar-refractivity contribution in [2.24, 2.45) is 10.8 Å². The lowest BCUT2D eigenvalue weighted by molar-refractivity contribution is 0.457. The van der Waals surface area contributed by atoms with Crippen LogP contribution in [0.4, 0.5) is 5.82 Å². The molecule has 2 rings (SSSR count). The smallest absolute Gasteiger partial charge is 0.242 e. The van der Waals surface area contributed by atoms with Gasteiger partial charge in [-0.15, -0.1) is 0 Å². The highest BCUT2D eigenvalue weighted by Gasteiger charge is 2.66. The lowest BCUT2D eigenvalue weighted by atomic mass is 10.0. The Hall–Kier alpha value is -1.14. The fourth-order valence-electron chi connectivity index (χ4n) is 2.40. The lowest BCUT2D eigenvalue weighted by Gasteiger charge is -2.08. The Balaban J connectivity index is 2.20. The van der Waals surface area contributed by atoms with Crippen molar-refractivity contribution in [3.05, 3.63) is 18.3 Å². The second-order valence-corrected chi connectivity index (χ2v) is 7.84. The molecule has 1 heterocycles. The van der Waals surface area contributed by atoms with E-state index < -0.39 is 10.0 Å². The lowest BCUT2D eigenvalue weighted by Crippen LogP contribution is -2.30. The SMILES string of the molecule is CNc1ccc(S(=O)(=O)NC2C(C)(C)C2(C)C)cn1. The van der Waals surface area contributed by atoms with E-state index in [9.17, 15) is 8.42 Å². The first-order chi connectivity index (χ1) is 8.63. The second kappa shape index (κ2) is 4.18. The number of hydrogen-bond donors (Lipinski definition) is 2. The first kappa shape index (κ1) is 14.3. The average Bonchev–Trinajstić information content (AvgIpc) is 2.71. The molecule has 0 saturated heterocycles. The van der Waals surface area contributed by atoms with E-state index in [4.69, 9.17) is 0 Å². The summed E-state index contributed by atoms with van der Waals surface area (Å²) in [5, 5.41) is 2.86. The summed E-state index contributed by atoms with van der Waals surface area (Å²) in [5.41, 5.74) is -0.0587. The van der Waals surface area contributed by atoms with Crippen LogP contribution in [-0.2, 0) is 10.0 Å². The first-order valence-electron chi connectivity index (χ1n) is 6.29. The van der Waals surface area contributed by atoms with Gasteiger partial charge in [-0.05, 0) is 23.0 Å². The molecule has 1 aliphatic rings. The van der Waals surface area contributed by atoms with Gasteiger partial charge in [0.25, 0.3) is 0 Å². The Labute approximate surface area is 114 Å². The maximum atomic E-state index is 12.3. The zero-order valence-corrected chi connectivity index (χ0v) is 12.8. The zero-order valence-electron chi connectivity index (χ0n) is 12.0. The van der Waals surface area contributed by atoms with Gasteiger partial charge in [-0.1, -0.05) is 27.7 Å².